The highest BCUT2D eigenvalue weighted by molar-refractivity contribution is 6.03. The molecule has 0 radical (unpaired) electrons. The SMILES string of the molecule is CCOC(=O)C1(C(=O)OCC)CC2=CC(=O)[C@H](COC(C)=O)[C@H]2C1. The third kappa shape index (κ3) is 3.20. The highest BCUT2D eigenvalue weighted by atomic mass is 16.6. The first-order valence-electron chi connectivity index (χ1n) is 8.07. The number of allylic oxidation sites excluding steroid dienone is 2. The lowest BCUT2D eigenvalue weighted by atomic mass is 9.82. The Bertz CT molecular complexity index is 572. The molecule has 0 bridgehead atoms. The molecule has 2 aliphatic rings. The Hall–Kier alpha value is -2.18. The average Bonchev–Trinajstić information content (AvgIpc) is 3.00. The molecule has 0 aliphatic heterocycles. The Balaban J connectivity index is 2.26. The van der Waals surface area contributed by atoms with Gasteiger partial charge in [-0.05, 0) is 38.7 Å². The first-order chi connectivity index (χ1) is 11.4. The Morgan fingerprint density at radius 1 is 1.12 bits per heavy atom. The van der Waals surface area contributed by atoms with Gasteiger partial charge in [0, 0.05) is 6.92 Å². The summed E-state index contributed by atoms with van der Waals surface area (Å²) in [4.78, 5) is 48.0. The van der Waals surface area contributed by atoms with Crippen LogP contribution >= 0.6 is 0 Å². The van der Waals surface area contributed by atoms with Crippen molar-refractivity contribution >= 4 is 23.7 Å². The lowest BCUT2D eigenvalue weighted by Gasteiger charge is -2.25. The molecular weight excluding hydrogens is 316 g/mol. The largest absolute Gasteiger partial charge is 0.465 e. The summed E-state index contributed by atoms with van der Waals surface area (Å²) in [6.07, 6.45) is 1.70. The van der Waals surface area contributed by atoms with E-state index in [1.54, 1.807) is 13.8 Å². The molecule has 0 saturated heterocycles. The molecule has 0 aromatic heterocycles. The van der Waals surface area contributed by atoms with Crippen molar-refractivity contribution in [3.8, 4) is 0 Å². The summed E-state index contributed by atoms with van der Waals surface area (Å²) in [6.45, 7) is 4.85. The van der Waals surface area contributed by atoms with Crippen molar-refractivity contribution in [1.82, 2.24) is 0 Å². The van der Waals surface area contributed by atoms with E-state index in [2.05, 4.69) is 0 Å². The smallest absolute Gasteiger partial charge is 0.323 e. The van der Waals surface area contributed by atoms with Gasteiger partial charge in [-0.2, -0.15) is 0 Å². The van der Waals surface area contributed by atoms with Gasteiger partial charge < -0.3 is 14.2 Å². The molecular formula is C17H22O7. The predicted molar refractivity (Wildman–Crippen MR) is 81.6 cm³/mol. The van der Waals surface area contributed by atoms with Crippen LogP contribution in [0, 0.1) is 17.3 Å². The second-order valence-electron chi connectivity index (χ2n) is 6.04. The van der Waals surface area contributed by atoms with Gasteiger partial charge in [-0.15, -0.1) is 0 Å². The predicted octanol–water partition coefficient (Wildman–Crippen LogP) is 1.20. The minimum absolute atomic E-state index is 0.0550. The second kappa shape index (κ2) is 7.15. The lowest BCUT2D eigenvalue weighted by molar-refractivity contribution is -0.172. The third-order valence-electron chi connectivity index (χ3n) is 4.53. The summed E-state index contributed by atoms with van der Waals surface area (Å²) in [7, 11) is 0. The summed E-state index contributed by atoms with van der Waals surface area (Å²) in [5.41, 5.74) is -0.698. The van der Waals surface area contributed by atoms with Crippen molar-refractivity contribution in [2.24, 2.45) is 17.3 Å². The van der Waals surface area contributed by atoms with Crippen LogP contribution in [-0.2, 0) is 33.4 Å². The van der Waals surface area contributed by atoms with Gasteiger partial charge in [0.1, 0.15) is 6.61 Å². The molecule has 7 nitrogen and oxygen atoms in total. The topological polar surface area (TPSA) is 96.0 Å². The van der Waals surface area contributed by atoms with Crippen molar-refractivity contribution in [2.75, 3.05) is 19.8 Å². The Morgan fingerprint density at radius 2 is 1.71 bits per heavy atom. The van der Waals surface area contributed by atoms with Crippen molar-refractivity contribution in [2.45, 2.75) is 33.6 Å². The van der Waals surface area contributed by atoms with Gasteiger partial charge in [0.05, 0.1) is 19.1 Å². The Morgan fingerprint density at radius 3 is 2.21 bits per heavy atom. The van der Waals surface area contributed by atoms with Crippen LogP contribution in [0.3, 0.4) is 0 Å². The molecule has 2 atom stereocenters. The van der Waals surface area contributed by atoms with Gasteiger partial charge in [-0.25, -0.2) is 0 Å². The Labute approximate surface area is 140 Å². The first kappa shape index (κ1) is 18.2. The van der Waals surface area contributed by atoms with E-state index in [9.17, 15) is 19.2 Å². The lowest BCUT2D eigenvalue weighted by Crippen LogP contribution is -2.41. The van der Waals surface area contributed by atoms with Crippen LogP contribution in [0.1, 0.15) is 33.6 Å². The minimum atomic E-state index is -1.42. The van der Waals surface area contributed by atoms with Crippen LogP contribution in [-0.4, -0.2) is 43.5 Å². The van der Waals surface area contributed by atoms with Gasteiger partial charge in [-0.3, -0.25) is 19.2 Å². The maximum atomic E-state index is 12.4. The summed E-state index contributed by atoms with van der Waals surface area (Å²) < 4.78 is 15.1. The fourth-order valence-corrected chi connectivity index (χ4v) is 3.44. The molecule has 7 heteroatoms. The van der Waals surface area contributed by atoms with Crippen molar-refractivity contribution in [1.29, 1.82) is 0 Å². The quantitative estimate of drug-likeness (QED) is 0.408. The van der Waals surface area contributed by atoms with E-state index in [1.807, 2.05) is 0 Å². The van der Waals surface area contributed by atoms with Gasteiger partial charge in [0.15, 0.2) is 11.2 Å². The summed E-state index contributed by atoms with van der Waals surface area (Å²) >= 11 is 0. The molecule has 0 aromatic carbocycles. The van der Waals surface area contributed by atoms with Crippen molar-refractivity contribution in [3.05, 3.63) is 11.6 Å². The van der Waals surface area contributed by atoms with Gasteiger partial charge >= 0.3 is 17.9 Å². The minimum Gasteiger partial charge on any atom is -0.465 e. The summed E-state index contributed by atoms with van der Waals surface area (Å²) in [5.74, 6) is -2.75. The van der Waals surface area contributed by atoms with Gasteiger partial charge in [0.25, 0.3) is 0 Å². The van der Waals surface area contributed by atoms with E-state index in [1.165, 1.54) is 13.0 Å². The van der Waals surface area contributed by atoms with E-state index < -0.39 is 29.2 Å². The van der Waals surface area contributed by atoms with Crippen LogP contribution in [0.15, 0.2) is 11.6 Å². The molecule has 2 rings (SSSR count). The molecule has 24 heavy (non-hydrogen) atoms. The van der Waals surface area contributed by atoms with Crippen LogP contribution in [0.2, 0.25) is 0 Å². The van der Waals surface area contributed by atoms with Gasteiger partial charge in [0.2, 0.25) is 0 Å². The fraction of sp³-hybridized carbons (Fsp3) is 0.647. The standard InChI is InChI=1S/C17H22O7/c1-4-22-15(20)17(16(21)23-5-2)7-11-6-14(19)13(12(11)8-17)9-24-10(3)18/h6,12-13H,4-5,7-9H2,1-3H3/t12-,13+/m0/s1. The summed E-state index contributed by atoms with van der Waals surface area (Å²) in [5, 5.41) is 0. The molecule has 2 aliphatic carbocycles. The zero-order chi connectivity index (χ0) is 17.9. The van der Waals surface area contributed by atoms with Crippen molar-refractivity contribution < 1.29 is 33.4 Å². The molecule has 0 amide bonds. The highest BCUT2D eigenvalue weighted by Crippen LogP contribution is 2.52. The monoisotopic (exact) mass is 338 g/mol. The maximum Gasteiger partial charge on any atom is 0.323 e. The fourth-order valence-electron chi connectivity index (χ4n) is 3.44. The molecule has 0 spiro atoms. The van der Waals surface area contributed by atoms with Crippen LogP contribution in [0.25, 0.3) is 0 Å². The maximum absolute atomic E-state index is 12.4. The molecule has 1 saturated carbocycles. The molecule has 0 aromatic rings. The molecule has 1 fully saturated rings. The number of hydrogen-bond donors (Lipinski definition) is 0. The summed E-state index contributed by atoms with van der Waals surface area (Å²) in [6, 6.07) is 0. The van der Waals surface area contributed by atoms with Crippen LogP contribution < -0.4 is 0 Å². The number of ether oxygens (including phenoxy) is 3. The number of esters is 3. The second-order valence-corrected chi connectivity index (χ2v) is 6.04. The number of ketones is 1. The zero-order valence-electron chi connectivity index (χ0n) is 14.1. The number of fused-ring (bicyclic) bond motifs is 1. The normalized spacial score (nSPS) is 24.1. The molecule has 0 heterocycles. The Kier molecular flexibility index (Phi) is 5.41. The molecule has 0 unspecified atom stereocenters. The molecule has 132 valence electrons. The van der Waals surface area contributed by atoms with E-state index in [4.69, 9.17) is 14.2 Å². The van der Waals surface area contributed by atoms with Crippen LogP contribution in [0.4, 0.5) is 0 Å². The number of hydrogen-bond acceptors (Lipinski definition) is 7. The third-order valence-corrected chi connectivity index (χ3v) is 4.53. The molecule has 0 N–H and O–H groups in total. The van der Waals surface area contributed by atoms with E-state index in [0.717, 1.165) is 5.57 Å². The van der Waals surface area contributed by atoms with Crippen molar-refractivity contribution in [3.63, 3.8) is 0 Å². The van der Waals surface area contributed by atoms with E-state index in [0.29, 0.717) is 0 Å². The van der Waals surface area contributed by atoms with Gasteiger partial charge in [-0.1, -0.05) is 5.57 Å². The zero-order valence-corrected chi connectivity index (χ0v) is 14.1. The average molecular weight is 338 g/mol. The number of rotatable bonds is 6. The number of carbonyl (C=O) groups is 4. The number of carbonyl (C=O) groups excluding carboxylic acids is 4. The van der Waals surface area contributed by atoms with Crippen LogP contribution in [0.5, 0.6) is 0 Å². The highest BCUT2D eigenvalue weighted by Gasteiger charge is 2.59. The van der Waals surface area contributed by atoms with E-state index >= 15 is 0 Å². The first-order valence-corrected chi connectivity index (χ1v) is 8.07. The van der Waals surface area contributed by atoms with E-state index in [-0.39, 0.29) is 44.4 Å².